The molecule has 3 aromatic carbocycles. The van der Waals surface area contributed by atoms with E-state index in [0.717, 1.165) is 49.0 Å². The predicted molar refractivity (Wildman–Crippen MR) is 157 cm³/mol. The smallest absolute Gasteiger partial charge is 0.281 e. The van der Waals surface area contributed by atoms with Crippen molar-refractivity contribution in [3.05, 3.63) is 114 Å². The number of hydrogen-bond donors (Lipinski definition) is 1. The molecule has 1 aliphatic heterocycles. The minimum absolute atomic E-state index is 0.195. The van der Waals surface area contributed by atoms with Crippen LogP contribution < -0.4 is 10.2 Å². The fraction of sp³-hybridized carbons (Fsp3) is 0.0667. The Hall–Kier alpha value is -4.27. The summed E-state index contributed by atoms with van der Waals surface area (Å²) in [6, 6.07) is 27.8. The number of rotatable bonds is 5. The van der Waals surface area contributed by atoms with Crippen LogP contribution in [0.15, 0.2) is 107 Å². The molecule has 0 spiro atoms. The van der Waals surface area contributed by atoms with Gasteiger partial charge in [0, 0.05) is 22.0 Å². The van der Waals surface area contributed by atoms with E-state index >= 15 is 0 Å². The Labute approximate surface area is 230 Å². The Morgan fingerprint density at radius 3 is 2.50 bits per heavy atom. The highest BCUT2D eigenvalue weighted by molar-refractivity contribution is 7.99. The van der Waals surface area contributed by atoms with E-state index in [1.54, 1.807) is 22.9 Å². The second-order valence-corrected chi connectivity index (χ2v) is 10.3. The zero-order valence-electron chi connectivity index (χ0n) is 20.8. The maximum Gasteiger partial charge on any atom is 0.281 e. The monoisotopic (exact) mass is 533 g/mol. The molecule has 0 radical (unpaired) electrons. The quantitative estimate of drug-likeness (QED) is 0.207. The average molecular weight is 534 g/mol. The molecule has 1 amide bonds. The van der Waals surface area contributed by atoms with Gasteiger partial charge in [-0.25, -0.2) is 4.68 Å². The SMILES string of the molecule is Cc1ccccc1N1C(=O)/C(=C\c2c(C)nn(-c3ccccc3)c2Sc2cccc3cccnc23)NC1=S. The summed E-state index contributed by atoms with van der Waals surface area (Å²) in [6.07, 6.45) is 3.66. The molecule has 6 rings (SSSR count). The number of nitrogens with one attached hydrogen (secondary N) is 1. The van der Waals surface area contributed by atoms with Crippen molar-refractivity contribution in [1.82, 2.24) is 20.1 Å². The van der Waals surface area contributed by atoms with Crippen molar-refractivity contribution >= 4 is 57.7 Å². The molecular formula is C30H23N5OS2. The number of benzene rings is 3. The number of fused-ring (bicyclic) bond motifs is 1. The highest BCUT2D eigenvalue weighted by Crippen LogP contribution is 2.38. The molecule has 0 bridgehead atoms. The van der Waals surface area contributed by atoms with Crippen LogP contribution in [-0.2, 0) is 4.79 Å². The molecule has 2 aromatic heterocycles. The Bertz CT molecular complexity index is 1740. The maximum absolute atomic E-state index is 13.6. The number of thiocarbonyl (C=S) groups is 1. The van der Waals surface area contributed by atoms with Crippen molar-refractivity contribution in [3.63, 3.8) is 0 Å². The standard InChI is InChI=1S/C30H23N5OS2/c1-19-10-6-7-15-25(19)34-28(36)24(32-30(34)37)18-23-20(2)33-35(22-13-4-3-5-14-22)29(23)38-26-16-8-11-21-12-9-17-31-27(21)26/h3-18H,1-2H3,(H,32,37)/b24-18+. The van der Waals surface area contributed by atoms with Crippen LogP contribution >= 0.6 is 24.0 Å². The molecule has 8 heteroatoms. The van der Waals surface area contributed by atoms with Gasteiger partial charge in [0.1, 0.15) is 10.7 Å². The van der Waals surface area contributed by atoms with E-state index in [-0.39, 0.29) is 5.91 Å². The van der Waals surface area contributed by atoms with E-state index in [1.807, 2.05) is 91.3 Å². The summed E-state index contributed by atoms with van der Waals surface area (Å²) in [5.41, 5.74) is 5.64. The summed E-state index contributed by atoms with van der Waals surface area (Å²) in [4.78, 5) is 20.8. The van der Waals surface area contributed by atoms with Gasteiger partial charge in [-0.1, -0.05) is 66.4 Å². The third kappa shape index (κ3) is 4.27. The fourth-order valence-corrected chi connectivity index (χ4v) is 5.96. The van der Waals surface area contributed by atoms with Crippen molar-refractivity contribution in [2.24, 2.45) is 0 Å². The molecule has 0 atom stereocenters. The molecule has 0 unspecified atom stereocenters. The number of nitrogens with zero attached hydrogens (tertiary/aromatic N) is 4. The first-order chi connectivity index (χ1) is 18.5. The minimum Gasteiger partial charge on any atom is -0.327 e. The number of anilines is 1. The van der Waals surface area contributed by atoms with E-state index in [1.165, 1.54) is 0 Å². The number of hydrogen-bond acceptors (Lipinski definition) is 5. The maximum atomic E-state index is 13.6. The lowest BCUT2D eigenvalue weighted by Crippen LogP contribution is -2.30. The number of pyridine rings is 1. The molecule has 3 heterocycles. The summed E-state index contributed by atoms with van der Waals surface area (Å²) in [5.74, 6) is -0.195. The normalized spacial score (nSPS) is 14.5. The first-order valence-electron chi connectivity index (χ1n) is 12.1. The molecular weight excluding hydrogens is 510 g/mol. The third-order valence-corrected chi connectivity index (χ3v) is 7.81. The summed E-state index contributed by atoms with van der Waals surface area (Å²) in [7, 11) is 0. The van der Waals surface area contributed by atoms with E-state index in [9.17, 15) is 4.79 Å². The van der Waals surface area contributed by atoms with Gasteiger partial charge in [-0.15, -0.1) is 0 Å². The Kier molecular flexibility index (Phi) is 6.27. The molecule has 0 aliphatic carbocycles. The van der Waals surface area contributed by atoms with E-state index < -0.39 is 0 Å². The van der Waals surface area contributed by atoms with Crippen molar-refractivity contribution < 1.29 is 4.79 Å². The zero-order chi connectivity index (χ0) is 26.2. The van der Waals surface area contributed by atoms with Gasteiger partial charge in [0.2, 0.25) is 0 Å². The molecule has 5 aromatic rings. The fourth-order valence-electron chi connectivity index (χ4n) is 4.50. The first-order valence-corrected chi connectivity index (χ1v) is 13.3. The Morgan fingerprint density at radius 1 is 0.921 bits per heavy atom. The number of carbonyl (C=O) groups is 1. The van der Waals surface area contributed by atoms with Gasteiger partial charge >= 0.3 is 0 Å². The molecule has 1 N–H and O–H groups in total. The van der Waals surface area contributed by atoms with Crippen molar-refractivity contribution in [1.29, 1.82) is 0 Å². The average Bonchev–Trinajstić information content (AvgIpc) is 3.39. The van der Waals surface area contributed by atoms with Crippen LogP contribution in [0.1, 0.15) is 16.8 Å². The highest BCUT2D eigenvalue weighted by atomic mass is 32.2. The molecule has 38 heavy (non-hydrogen) atoms. The third-order valence-electron chi connectivity index (χ3n) is 6.39. The lowest BCUT2D eigenvalue weighted by Gasteiger charge is -2.16. The topological polar surface area (TPSA) is 63.1 Å². The molecule has 1 fully saturated rings. The van der Waals surface area contributed by atoms with Crippen LogP contribution in [0.5, 0.6) is 0 Å². The lowest BCUT2D eigenvalue weighted by molar-refractivity contribution is -0.113. The predicted octanol–water partition coefficient (Wildman–Crippen LogP) is 6.45. The van der Waals surface area contributed by atoms with Gasteiger partial charge < -0.3 is 5.32 Å². The summed E-state index contributed by atoms with van der Waals surface area (Å²) in [5, 5.41) is 10.3. The van der Waals surface area contributed by atoms with Crippen LogP contribution in [0.4, 0.5) is 5.69 Å². The molecule has 186 valence electrons. The summed E-state index contributed by atoms with van der Waals surface area (Å²) in [6.45, 7) is 3.92. The van der Waals surface area contributed by atoms with Crippen molar-refractivity contribution in [2.45, 2.75) is 23.8 Å². The van der Waals surface area contributed by atoms with Crippen molar-refractivity contribution in [2.75, 3.05) is 4.90 Å². The number of aromatic nitrogens is 3. The van der Waals surface area contributed by atoms with E-state index in [2.05, 4.69) is 28.5 Å². The van der Waals surface area contributed by atoms with Crippen LogP contribution in [-0.4, -0.2) is 25.8 Å². The Balaban J connectivity index is 1.48. The largest absolute Gasteiger partial charge is 0.327 e. The number of amides is 1. The zero-order valence-corrected chi connectivity index (χ0v) is 22.4. The molecule has 1 aliphatic rings. The van der Waals surface area contributed by atoms with Gasteiger partial charge in [-0.3, -0.25) is 14.7 Å². The molecule has 1 saturated heterocycles. The van der Waals surface area contributed by atoms with Gasteiger partial charge in [0.25, 0.3) is 5.91 Å². The van der Waals surface area contributed by atoms with Gasteiger partial charge in [0.15, 0.2) is 5.11 Å². The Morgan fingerprint density at radius 2 is 1.68 bits per heavy atom. The second kappa shape index (κ2) is 9.89. The van der Waals surface area contributed by atoms with Crippen LogP contribution in [0.3, 0.4) is 0 Å². The van der Waals surface area contributed by atoms with Gasteiger partial charge in [-0.2, -0.15) is 5.10 Å². The summed E-state index contributed by atoms with van der Waals surface area (Å²) < 4.78 is 1.92. The molecule has 0 saturated carbocycles. The van der Waals surface area contributed by atoms with Crippen LogP contribution in [0.2, 0.25) is 0 Å². The lowest BCUT2D eigenvalue weighted by atomic mass is 10.2. The highest BCUT2D eigenvalue weighted by Gasteiger charge is 2.33. The minimum atomic E-state index is -0.195. The van der Waals surface area contributed by atoms with Gasteiger partial charge in [-0.05, 0) is 68.0 Å². The van der Waals surface area contributed by atoms with E-state index in [0.29, 0.717) is 10.8 Å². The van der Waals surface area contributed by atoms with E-state index in [4.69, 9.17) is 17.3 Å². The number of aryl methyl sites for hydroxylation is 2. The summed E-state index contributed by atoms with van der Waals surface area (Å²) >= 11 is 7.16. The molecule has 6 nitrogen and oxygen atoms in total. The van der Waals surface area contributed by atoms with Gasteiger partial charge in [0.05, 0.1) is 22.6 Å². The second-order valence-electron chi connectivity index (χ2n) is 8.90. The van der Waals surface area contributed by atoms with Crippen molar-refractivity contribution in [3.8, 4) is 5.69 Å². The first kappa shape index (κ1) is 24.1. The van der Waals surface area contributed by atoms with Crippen LogP contribution in [0, 0.1) is 13.8 Å². The van der Waals surface area contributed by atoms with Crippen LogP contribution in [0.25, 0.3) is 22.7 Å². The number of carbonyl (C=O) groups excluding carboxylic acids is 1. The number of para-hydroxylation sites is 3.